The summed E-state index contributed by atoms with van der Waals surface area (Å²) in [6, 6.07) is 4.97. The average Bonchev–Trinajstić information content (AvgIpc) is 2.30. The van der Waals surface area contributed by atoms with Crippen LogP contribution >= 0.6 is 15.9 Å². The van der Waals surface area contributed by atoms with Crippen LogP contribution in [0.15, 0.2) is 22.7 Å². The summed E-state index contributed by atoms with van der Waals surface area (Å²) in [5.74, 6) is 0.0474. The van der Waals surface area contributed by atoms with Gasteiger partial charge in [-0.05, 0) is 18.2 Å². The molecule has 0 spiro atoms. The fraction of sp³-hybridized carbons (Fsp3) is 0.364. The van der Waals surface area contributed by atoms with E-state index < -0.39 is 18.9 Å². The van der Waals surface area contributed by atoms with Crippen molar-refractivity contribution in [3.05, 3.63) is 22.7 Å². The second-order valence-corrected chi connectivity index (χ2v) is 4.66. The number of rotatable bonds is 3. The maximum atomic E-state index is 11.9. The standard InChI is InChI=1S/C11H9BrF3NO3/c12-7-1-2-9-8(5-7)16(10(17)6-18-9)3-4-19-11(13,14)15/h1-2,5H,3-4,6H2. The van der Waals surface area contributed by atoms with Gasteiger partial charge in [-0.1, -0.05) is 15.9 Å². The van der Waals surface area contributed by atoms with Crippen molar-refractivity contribution in [2.75, 3.05) is 24.7 Å². The SMILES string of the molecule is O=C1COc2ccc(Br)cc2N1CCOC(F)(F)F. The molecule has 4 nitrogen and oxygen atoms in total. The fourth-order valence-electron chi connectivity index (χ4n) is 1.67. The highest BCUT2D eigenvalue weighted by atomic mass is 79.9. The highest BCUT2D eigenvalue weighted by molar-refractivity contribution is 9.10. The van der Waals surface area contributed by atoms with Gasteiger partial charge in [-0.25, -0.2) is 0 Å². The molecule has 1 heterocycles. The second kappa shape index (κ2) is 5.38. The third kappa shape index (κ3) is 3.60. The van der Waals surface area contributed by atoms with Crippen LogP contribution in [0.4, 0.5) is 18.9 Å². The van der Waals surface area contributed by atoms with Crippen LogP contribution in [0.2, 0.25) is 0 Å². The number of alkyl halides is 3. The first-order valence-electron chi connectivity index (χ1n) is 5.30. The first-order chi connectivity index (χ1) is 8.87. The molecule has 0 unspecified atom stereocenters. The zero-order valence-electron chi connectivity index (χ0n) is 9.54. The maximum Gasteiger partial charge on any atom is 0.522 e. The molecule has 1 aliphatic rings. The van der Waals surface area contributed by atoms with E-state index >= 15 is 0 Å². The van der Waals surface area contributed by atoms with Crippen LogP contribution < -0.4 is 9.64 Å². The Labute approximate surface area is 115 Å². The molecular weight excluding hydrogens is 331 g/mol. The minimum absolute atomic E-state index is 0.189. The Hall–Kier alpha value is -1.28. The zero-order chi connectivity index (χ0) is 14.0. The van der Waals surface area contributed by atoms with E-state index in [1.807, 2.05) is 0 Å². The molecule has 19 heavy (non-hydrogen) atoms. The number of fused-ring (bicyclic) bond motifs is 1. The number of ether oxygens (including phenoxy) is 2. The predicted molar refractivity (Wildman–Crippen MR) is 64.0 cm³/mol. The molecule has 0 bridgehead atoms. The van der Waals surface area contributed by atoms with Gasteiger partial charge in [0, 0.05) is 11.0 Å². The Morgan fingerprint density at radius 2 is 2.16 bits per heavy atom. The Morgan fingerprint density at radius 3 is 2.84 bits per heavy atom. The summed E-state index contributed by atoms with van der Waals surface area (Å²) in [6.45, 7) is -1.01. The molecule has 0 fully saturated rings. The van der Waals surface area contributed by atoms with Crippen molar-refractivity contribution in [3.8, 4) is 5.75 Å². The summed E-state index contributed by atoms with van der Waals surface area (Å²) in [6.07, 6.45) is -4.70. The smallest absolute Gasteiger partial charge is 0.482 e. The third-order valence-electron chi connectivity index (χ3n) is 2.44. The van der Waals surface area contributed by atoms with Gasteiger partial charge in [0.05, 0.1) is 12.3 Å². The molecule has 0 aromatic heterocycles. The van der Waals surface area contributed by atoms with Crippen LogP contribution in [0.25, 0.3) is 0 Å². The Bertz CT molecular complexity index is 493. The average molecular weight is 340 g/mol. The van der Waals surface area contributed by atoms with Gasteiger partial charge in [0.1, 0.15) is 5.75 Å². The number of halogens is 4. The summed E-state index contributed by atoms with van der Waals surface area (Å²) in [5.41, 5.74) is 0.427. The largest absolute Gasteiger partial charge is 0.522 e. The molecule has 1 aromatic rings. The van der Waals surface area contributed by atoms with Gasteiger partial charge in [-0.15, -0.1) is 13.2 Å². The van der Waals surface area contributed by atoms with E-state index in [1.54, 1.807) is 18.2 Å². The summed E-state index contributed by atoms with van der Waals surface area (Å²) < 4.78 is 45.3. The number of amides is 1. The van der Waals surface area contributed by atoms with Crippen molar-refractivity contribution < 1.29 is 27.4 Å². The highest BCUT2D eigenvalue weighted by Gasteiger charge is 2.31. The second-order valence-electron chi connectivity index (χ2n) is 3.74. The Balaban J connectivity index is 2.12. The number of benzene rings is 1. The minimum atomic E-state index is -4.70. The van der Waals surface area contributed by atoms with Crippen LogP contribution in [-0.2, 0) is 9.53 Å². The van der Waals surface area contributed by atoms with Crippen molar-refractivity contribution in [1.82, 2.24) is 0 Å². The Kier molecular flexibility index (Phi) is 4.00. The fourth-order valence-corrected chi connectivity index (χ4v) is 2.02. The number of anilines is 1. The van der Waals surface area contributed by atoms with Crippen molar-refractivity contribution in [1.29, 1.82) is 0 Å². The molecule has 2 rings (SSSR count). The van der Waals surface area contributed by atoms with E-state index in [4.69, 9.17) is 4.74 Å². The number of hydrogen-bond donors (Lipinski definition) is 0. The van der Waals surface area contributed by atoms with Crippen LogP contribution in [0.1, 0.15) is 0 Å². The van der Waals surface area contributed by atoms with Gasteiger partial charge in [0.25, 0.3) is 5.91 Å². The lowest BCUT2D eigenvalue weighted by Crippen LogP contribution is -2.41. The maximum absolute atomic E-state index is 11.9. The zero-order valence-corrected chi connectivity index (χ0v) is 11.1. The lowest BCUT2D eigenvalue weighted by Gasteiger charge is -2.29. The summed E-state index contributed by atoms with van der Waals surface area (Å²) in [4.78, 5) is 12.9. The van der Waals surface area contributed by atoms with Crippen molar-refractivity contribution in [3.63, 3.8) is 0 Å². The van der Waals surface area contributed by atoms with Crippen LogP contribution in [-0.4, -0.2) is 32.0 Å². The molecule has 0 N–H and O–H groups in total. The summed E-state index contributed by atoms with van der Waals surface area (Å²) >= 11 is 3.23. The van der Waals surface area contributed by atoms with E-state index in [-0.39, 0.29) is 13.2 Å². The molecule has 0 saturated heterocycles. The molecular formula is C11H9BrF3NO3. The third-order valence-corrected chi connectivity index (χ3v) is 2.94. The number of carbonyl (C=O) groups is 1. The minimum Gasteiger partial charge on any atom is -0.482 e. The van der Waals surface area contributed by atoms with Crippen molar-refractivity contribution in [2.24, 2.45) is 0 Å². The molecule has 1 amide bonds. The van der Waals surface area contributed by atoms with Gasteiger partial charge in [0.15, 0.2) is 6.61 Å². The number of carbonyl (C=O) groups excluding carboxylic acids is 1. The Morgan fingerprint density at radius 1 is 1.42 bits per heavy atom. The molecule has 1 aliphatic heterocycles. The first-order valence-corrected chi connectivity index (χ1v) is 6.09. The molecule has 0 saturated carbocycles. The van der Waals surface area contributed by atoms with E-state index in [9.17, 15) is 18.0 Å². The quantitative estimate of drug-likeness (QED) is 0.849. The van der Waals surface area contributed by atoms with Gasteiger partial charge < -0.3 is 9.64 Å². The van der Waals surface area contributed by atoms with Crippen LogP contribution in [0, 0.1) is 0 Å². The normalized spacial score (nSPS) is 15.2. The van der Waals surface area contributed by atoms with E-state index in [1.165, 1.54) is 4.90 Å². The first kappa shape index (κ1) is 14.1. The van der Waals surface area contributed by atoms with Crippen LogP contribution in [0.3, 0.4) is 0 Å². The predicted octanol–water partition coefficient (Wildman–Crippen LogP) is 2.71. The molecule has 104 valence electrons. The van der Waals surface area contributed by atoms with Gasteiger partial charge in [-0.3, -0.25) is 9.53 Å². The molecule has 0 atom stereocenters. The van der Waals surface area contributed by atoms with Gasteiger partial charge in [-0.2, -0.15) is 0 Å². The van der Waals surface area contributed by atoms with E-state index in [0.29, 0.717) is 15.9 Å². The summed E-state index contributed by atoms with van der Waals surface area (Å²) in [7, 11) is 0. The van der Waals surface area contributed by atoms with Gasteiger partial charge in [0.2, 0.25) is 0 Å². The molecule has 1 aromatic carbocycles. The number of hydrogen-bond acceptors (Lipinski definition) is 3. The monoisotopic (exact) mass is 339 g/mol. The van der Waals surface area contributed by atoms with Gasteiger partial charge >= 0.3 is 6.36 Å². The van der Waals surface area contributed by atoms with E-state index in [2.05, 4.69) is 20.7 Å². The lowest BCUT2D eigenvalue weighted by atomic mass is 10.2. The molecule has 0 aliphatic carbocycles. The lowest BCUT2D eigenvalue weighted by molar-refractivity contribution is -0.323. The topological polar surface area (TPSA) is 38.8 Å². The molecule has 8 heteroatoms. The van der Waals surface area contributed by atoms with Crippen molar-refractivity contribution >= 4 is 27.5 Å². The summed E-state index contributed by atoms with van der Waals surface area (Å²) in [5, 5.41) is 0. The van der Waals surface area contributed by atoms with Crippen LogP contribution in [0.5, 0.6) is 5.75 Å². The number of nitrogens with zero attached hydrogens (tertiary/aromatic N) is 1. The van der Waals surface area contributed by atoms with Crippen molar-refractivity contribution in [2.45, 2.75) is 6.36 Å². The van der Waals surface area contributed by atoms with E-state index in [0.717, 1.165) is 0 Å². The highest BCUT2D eigenvalue weighted by Crippen LogP contribution is 2.34. The molecule has 0 radical (unpaired) electrons.